The maximum Gasteiger partial charge on any atom is 0.335 e. The first-order chi connectivity index (χ1) is 13.6. The third kappa shape index (κ3) is 3.60. The largest absolute Gasteiger partial charge is 0.478 e. The lowest BCUT2D eigenvalue weighted by Gasteiger charge is -2.04. The molecule has 2 aromatic heterocycles. The van der Waals surface area contributed by atoms with Gasteiger partial charge in [-0.1, -0.05) is 34.1 Å². The molecule has 0 atom stereocenters. The molecular weight excluding hydrogens is 424 g/mol. The molecule has 2 N–H and O–H groups in total. The van der Waals surface area contributed by atoms with Gasteiger partial charge in [0.2, 0.25) is 0 Å². The third-order valence-electron chi connectivity index (χ3n) is 3.96. The van der Waals surface area contributed by atoms with Crippen molar-refractivity contribution in [1.29, 1.82) is 0 Å². The molecule has 2 heterocycles. The molecule has 4 rings (SSSR count). The molecule has 0 saturated carbocycles. The van der Waals surface area contributed by atoms with Crippen LogP contribution in [0.3, 0.4) is 0 Å². The molecule has 138 valence electrons. The fraction of sp³-hybridized carbons (Fsp3) is 0. The van der Waals surface area contributed by atoms with Gasteiger partial charge in [-0.25, -0.2) is 19.4 Å². The predicted molar refractivity (Wildman–Crippen MR) is 109 cm³/mol. The minimum atomic E-state index is -0.965. The fourth-order valence-electron chi connectivity index (χ4n) is 2.61. The van der Waals surface area contributed by atoms with E-state index in [0.29, 0.717) is 11.5 Å². The Hall–Kier alpha value is -3.59. The molecule has 4 aromatic rings. The topological polar surface area (TPSA) is 105 Å². The Bertz CT molecular complexity index is 1190. The summed E-state index contributed by atoms with van der Waals surface area (Å²) >= 11 is 3.46. The Balaban J connectivity index is 1.59. The van der Waals surface area contributed by atoms with Crippen LogP contribution in [0.25, 0.3) is 16.7 Å². The number of nitrogens with one attached hydrogen (secondary N) is 1. The second-order valence-corrected chi connectivity index (χ2v) is 6.71. The number of hydrogen-bond acceptors (Lipinski definition) is 6. The second kappa shape index (κ2) is 7.57. The molecular formula is C19H13BrN6O2. The van der Waals surface area contributed by atoms with E-state index in [-0.39, 0.29) is 5.56 Å². The zero-order chi connectivity index (χ0) is 19.5. The number of aromatic nitrogens is 4. The van der Waals surface area contributed by atoms with Crippen LogP contribution in [0, 0.1) is 0 Å². The minimum absolute atomic E-state index is 0.225. The highest BCUT2D eigenvalue weighted by molar-refractivity contribution is 9.10. The van der Waals surface area contributed by atoms with Crippen molar-refractivity contribution in [2.75, 3.05) is 5.43 Å². The number of carbonyl (C=O) groups is 1. The summed E-state index contributed by atoms with van der Waals surface area (Å²) in [5, 5.41) is 18.2. The molecule has 0 bridgehead atoms. The van der Waals surface area contributed by atoms with E-state index < -0.39 is 5.97 Å². The van der Waals surface area contributed by atoms with Crippen LogP contribution >= 0.6 is 15.9 Å². The lowest BCUT2D eigenvalue weighted by atomic mass is 10.1. The summed E-state index contributed by atoms with van der Waals surface area (Å²) in [6, 6.07) is 14.1. The zero-order valence-electron chi connectivity index (χ0n) is 14.3. The SMILES string of the molecule is O=C(O)c1ccc(/C=N/Nc2ncnc3c2cnn3-c2cccc(Br)c2)cc1. The second-order valence-electron chi connectivity index (χ2n) is 5.79. The lowest BCUT2D eigenvalue weighted by molar-refractivity contribution is 0.0697. The van der Waals surface area contributed by atoms with Crippen LogP contribution in [-0.4, -0.2) is 37.0 Å². The smallest absolute Gasteiger partial charge is 0.335 e. The molecule has 0 aliphatic rings. The highest BCUT2D eigenvalue weighted by Gasteiger charge is 2.11. The summed E-state index contributed by atoms with van der Waals surface area (Å²) in [6.45, 7) is 0. The molecule has 0 aliphatic carbocycles. The van der Waals surface area contributed by atoms with Gasteiger partial charge in [-0.3, -0.25) is 5.43 Å². The number of fused-ring (bicyclic) bond motifs is 1. The van der Waals surface area contributed by atoms with Gasteiger partial charge in [-0.05, 0) is 35.9 Å². The predicted octanol–water partition coefficient (Wildman–Crippen LogP) is 3.72. The average Bonchev–Trinajstić information content (AvgIpc) is 3.13. The first-order valence-corrected chi connectivity index (χ1v) is 8.98. The van der Waals surface area contributed by atoms with Crippen LogP contribution in [0.2, 0.25) is 0 Å². The van der Waals surface area contributed by atoms with E-state index in [1.807, 2.05) is 24.3 Å². The summed E-state index contributed by atoms with van der Waals surface area (Å²) in [7, 11) is 0. The van der Waals surface area contributed by atoms with Gasteiger partial charge in [0, 0.05) is 4.47 Å². The average molecular weight is 437 g/mol. The molecule has 0 fully saturated rings. The maximum atomic E-state index is 10.9. The number of benzene rings is 2. The lowest BCUT2D eigenvalue weighted by Crippen LogP contribution is -1.99. The van der Waals surface area contributed by atoms with Gasteiger partial charge < -0.3 is 5.11 Å². The fourth-order valence-corrected chi connectivity index (χ4v) is 3.00. The molecule has 0 unspecified atom stereocenters. The summed E-state index contributed by atoms with van der Waals surface area (Å²) in [4.78, 5) is 19.4. The van der Waals surface area contributed by atoms with Crippen LogP contribution in [0.1, 0.15) is 15.9 Å². The van der Waals surface area contributed by atoms with E-state index in [2.05, 4.69) is 41.5 Å². The number of hydrogen-bond donors (Lipinski definition) is 2. The standard InChI is InChI=1S/C19H13BrN6O2/c20-14-2-1-3-15(8-14)26-18-16(10-24-26)17(21-11-22-18)25-23-9-12-4-6-13(7-5-12)19(27)28/h1-11H,(H,27,28)(H,21,22,25)/b23-9+. The highest BCUT2D eigenvalue weighted by atomic mass is 79.9. The molecule has 0 saturated heterocycles. The van der Waals surface area contributed by atoms with Gasteiger partial charge in [-0.2, -0.15) is 10.2 Å². The Morgan fingerprint density at radius 1 is 1.18 bits per heavy atom. The number of anilines is 1. The molecule has 0 spiro atoms. The normalized spacial score (nSPS) is 11.2. The van der Waals surface area contributed by atoms with Crippen molar-refractivity contribution in [2.45, 2.75) is 0 Å². The molecule has 28 heavy (non-hydrogen) atoms. The van der Waals surface area contributed by atoms with Crippen molar-refractivity contribution in [3.63, 3.8) is 0 Å². The van der Waals surface area contributed by atoms with Crippen LogP contribution < -0.4 is 5.43 Å². The maximum absolute atomic E-state index is 10.9. The van der Waals surface area contributed by atoms with Crippen LogP contribution in [0.4, 0.5) is 5.82 Å². The number of hydrazone groups is 1. The molecule has 9 heteroatoms. The Kier molecular flexibility index (Phi) is 4.81. The van der Waals surface area contributed by atoms with E-state index in [4.69, 9.17) is 5.11 Å². The number of aromatic carboxylic acids is 1. The Morgan fingerprint density at radius 2 is 2.00 bits per heavy atom. The van der Waals surface area contributed by atoms with Gasteiger partial charge in [0.05, 0.1) is 29.0 Å². The summed E-state index contributed by atoms with van der Waals surface area (Å²) in [5.41, 5.74) is 5.39. The van der Waals surface area contributed by atoms with E-state index in [9.17, 15) is 4.79 Å². The van der Waals surface area contributed by atoms with Crippen molar-refractivity contribution in [1.82, 2.24) is 19.7 Å². The zero-order valence-corrected chi connectivity index (χ0v) is 15.9. The van der Waals surface area contributed by atoms with Crippen molar-refractivity contribution in [2.24, 2.45) is 5.10 Å². The molecule has 0 aliphatic heterocycles. The molecule has 0 radical (unpaired) electrons. The quantitative estimate of drug-likeness (QED) is 0.364. The van der Waals surface area contributed by atoms with Crippen molar-refractivity contribution < 1.29 is 9.90 Å². The first kappa shape index (κ1) is 17.8. The third-order valence-corrected chi connectivity index (χ3v) is 4.45. The highest BCUT2D eigenvalue weighted by Crippen LogP contribution is 2.23. The van der Waals surface area contributed by atoms with Crippen LogP contribution in [-0.2, 0) is 0 Å². The van der Waals surface area contributed by atoms with Crippen LogP contribution in [0.5, 0.6) is 0 Å². The van der Waals surface area contributed by atoms with E-state index >= 15 is 0 Å². The van der Waals surface area contributed by atoms with E-state index in [0.717, 1.165) is 21.1 Å². The molecule has 2 aromatic carbocycles. The number of halogens is 1. The Morgan fingerprint density at radius 3 is 2.75 bits per heavy atom. The first-order valence-electron chi connectivity index (χ1n) is 8.19. The van der Waals surface area contributed by atoms with Gasteiger partial charge in [0.25, 0.3) is 0 Å². The van der Waals surface area contributed by atoms with Gasteiger partial charge in [0.15, 0.2) is 11.5 Å². The number of rotatable bonds is 5. The van der Waals surface area contributed by atoms with Crippen molar-refractivity contribution in [3.05, 3.63) is 76.7 Å². The number of nitrogens with zero attached hydrogens (tertiary/aromatic N) is 5. The molecule has 8 nitrogen and oxygen atoms in total. The van der Waals surface area contributed by atoms with E-state index in [1.165, 1.54) is 18.5 Å². The monoisotopic (exact) mass is 436 g/mol. The van der Waals surface area contributed by atoms with Crippen molar-refractivity contribution >= 4 is 45.0 Å². The van der Waals surface area contributed by atoms with Crippen LogP contribution in [0.15, 0.2) is 70.6 Å². The number of carboxylic acid groups (broad SMARTS) is 1. The summed E-state index contributed by atoms with van der Waals surface area (Å²) < 4.78 is 2.67. The summed E-state index contributed by atoms with van der Waals surface area (Å²) in [5.74, 6) is -0.447. The Labute approximate surface area is 167 Å². The van der Waals surface area contributed by atoms with Gasteiger partial charge in [-0.15, -0.1) is 0 Å². The number of carboxylic acids is 1. The van der Waals surface area contributed by atoms with E-state index in [1.54, 1.807) is 29.2 Å². The van der Waals surface area contributed by atoms with Gasteiger partial charge >= 0.3 is 5.97 Å². The van der Waals surface area contributed by atoms with Crippen molar-refractivity contribution in [3.8, 4) is 5.69 Å². The minimum Gasteiger partial charge on any atom is -0.478 e. The van der Waals surface area contributed by atoms with Gasteiger partial charge in [0.1, 0.15) is 6.33 Å². The summed E-state index contributed by atoms with van der Waals surface area (Å²) in [6.07, 6.45) is 4.70. The molecule has 0 amide bonds.